The van der Waals surface area contributed by atoms with Crippen LogP contribution in [0.5, 0.6) is 5.75 Å². The van der Waals surface area contributed by atoms with Crippen molar-refractivity contribution in [3.8, 4) is 11.4 Å². The highest BCUT2D eigenvalue weighted by Gasteiger charge is 2.11. The largest absolute Gasteiger partial charge is 0.497 e. The zero-order valence-electron chi connectivity index (χ0n) is 16.6. The molecule has 5 heteroatoms. The van der Waals surface area contributed by atoms with Crippen molar-refractivity contribution < 1.29 is 14.3 Å². The monoisotopic (exact) mass is 376 g/mol. The summed E-state index contributed by atoms with van der Waals surface area (Å²) in [6.07, 6.45) is 1.86. The minimum absolute atomic E-state index is 0.305. The van der Waals surface area contributed by atoms with E-state index in [1.165, 1.54) is 0 Å². The Balaban J connectivity index is 1.87. The third kappa shape index (κ3) is 4.14. The van der Waals surface area contributed by atoms with Crippen molar-refractivity contribution in [1.82, 2.24) is 4.57 Å². The molecule has 1 aromatic heterocycles. The molecule has 1 heterocycles. The van der Waals surface area contributed by atoms with Crippen LogP contribution in [0.3, 0.4) is 0 Å². The molecular formula is C23H24N2O3. The Hall–Kier alpha value is -3.34. The number of aliphatic imine (C=N–C) groups is 1. The van der Waals surface area contributed by atoms with Gasteiger partial charge in [-0.2, -0.15) is 0 Å². The van der Waals surface area contributed by atoms with E-state index < -0.39 is 0 Å². The molecule has 0 atom stereocenters. The van der Waals surface area contributed by atoms with Crippen LogP contribution in [-0.4, -0.2) is 30.5 Å². The maximum atomic E-state index is 11.8. The van der Waals surface area contributed by atoms with Gasteiger partial charge in [-0.1, -0.05) is 6.07 Å². The molecule has 0 amide bonds. The van der Waals surface area contributed by atoms with Crippen molar-refractivity contribution >= 4 is 17.9 Å². The molecule has 0 saturated carbocycles. The third-order valence-electron chi connectivity index (χ3n) is 4.51. The van der Waals surface area contributed by atoms with E-state index in [-0.39, 0.29) is 5.97 Å². The quantitative estimate of drug-likeness (QED) is 0.448. The number of esters is 1. The lowest BCUT2D eigenvalue weighted by Crippen LogP contribution is -2.05. The van der Waals surface area contributed by atoms with Gasteiger partial charge in [0.25, 0.3) is 0 Å². The zero-order valence-corrected chi connectivity index (χ0v) is 16.6. The van der Waals surface area contributed by atoms with Gasteiger partial charge >= 0.3 is 5.97 Å². The molecule has 3 rings (SSSR count). The highest BCUT2D eigenvalue weighted by Crippen LogP contribution is 2.23. The van der Waals surface area contributed by atoms with Crippen LogP contribution in [0.4, 0.5) is 5.69 Å². The molecular weight excluding hydrogens is 352 g/mol. The van der Waals surface area contributed by atoms with E-state index >= 15 is 0 Å². The van der Waals surface area contributed by atoms with Crippen molar-refractivity contribution in [2.24, 2.45) is 4.99 Å². The fourth-order valence-corrected chi connectivity index (χ4v) is 3.11. The third-order valence-corrected chi connectivity index (χ3v) is 4.51. The minimum Gasteiger partial charge on any atom is -0.497 e. The first-order valence-corrected chi connectivity index (χ1v) is 9.18. The first-order valence-electron chi connectivity index (χ1n) is 9.18. The first-order chi connectivity index (χ1) is 13.5. The van der Waals surface area contributed by atoms with Crippen molar-refractivity contribution in [2.45, 2.75) is 20.8 Å². The summed E-state index contributed by atoms with van der Waals surface area (Å²) in [5.74, 6) is 0.475. The topological polar surface area (TPSA) is 52.8 Å². The molecule has 0 saturated heterocycles. The van der Waals surface area contributed by atoms with Crippen LogP contribution >= 0.6 is 0 Å². The molecule has 0 aliphatic carbocycles. The van der Waals surface area contributed by atoms with E-state index in [9.17, 15) is 4.79 Å². The van der Waals surface area contributed by atoms with E-state index in [0.29, 0.717) is 12.2 Å². The molecule has 2 aromatic carbocycles. The lowest BCUT2D eigenvalue weighted by molar-refractivity contribution is 0.0526. The molecule has 0 bridgehead atoms. The Morgan fingerprint density at radius 1 is 1.11 bits per heavy atom. The second-order valence-electron chi connectivity index (χ2n) is 6.39. The standard InChI is InChI=1S/C23H24N2O3/c1-5-28-23(26)18-9-11-21(12-10-18)25-16(2)13-19(17(25)3)15-24-20-7-6-8-22(14-20)27-4/h6-15H,5H2,1-4H3. The van der Waals surface area contributed by atoms with E-state index in [1.807, 2.05) is 42.6 Å². The number of hydrogen-bond acceptors (Lipinski definition) is 4. The Morgan fingerprint density at radius 3 is 2.54 bits per heavy atom. The lowest BCUT2D eigenvalue weighted by Gasteiger charge is -2.10. The summed E-state index contributed by atoms with van der Waals surface area (Å²) in [5.41, 5.74) is 5.58. The zero-order chi connectivity index (χ0) is 20.1. The molecule has 3 aromatic rings. The number of carbonyl (C=O) groups excluding carboxylic acids is 1. The predicted molar refractivity (Wildman–Crippen MR) is 111 cm³/mol. The van der Waals surface area contributed by atoms with Crippen molar-refractivity contribution in [3.05, 3.63) is 77.1 Å². The Bertz CT molecular complexity index is 1000. The average molecular weight is 376 g/mol. The molecule has 0 radical (unpaired) electrons. The summed E-state index contributed by atoms with van der Waals surface area (Å²) in [6.45, 7) is 6.27. The maximum absolute atomic E-state index is 11.8. The molecule has 28 heavy (non-hydrogen) atoms. The summed E-state index contributed by atoms with van der Waals surface area (Å²) in [4.78, 5) is 16.4. The summed E-state index contributed by atoms with van der Waals surface area (Å²) in [7, 11) is 1.64. The van der Waals surface area contributed by atoms with E-state index in [4.69, 9.17) is 9.47 Å². The van der Waals surface area contributed by atoms with Crippen molar-refractivity contribution in [3.63, 3.8) is 0 Å². The smallest absolute Gasteiger partial charge is 0.338 e. The van der Waals surface area contributed by atoms with Crippen LogP contribution in [0, 0.1) is 13.8 Å². The number of hydrogen-bond donors (Lipinski definition) is 0. The Morgan fingerprint density at radius 2 is 1.86 bits per heavy atom. The SMILES string of the molecule is CCOC(=O)c1ccc(-n2c(C)cc(C=Nc3cccc(OC)c3)c2C)cc1. The van der Waals surface area contributed by atoms with Crippen molar-refractivity contribution in [2.75, 3.05) is 13.7 Å². The number of methoxy groups -OCH3 is 1. The number of ether oxygens (including phenoxy) is 2. The number of aromatic nitrogens is 1. The van der Waals surface area contributed by atoms with Gasteiger partial charge in [-0.25, -0.2) is 4.79 Å². The Labute approximate surface area is 165 Å². The second kappa shape index (κ2) is 8.57. The number of benzene rings is 2. The molecule has 0 fully saturated rings. The number of aryl methyl sites for hydroxylation is 1. The molecule has 0 aliphatic heterocycles. The maximum Gasteiger partial charge on any atom is 0.338 e. The normalized spacial score (nSPS) is 11.0. The minimum atomic E-state index is -0.305. The van der Waals surface area contributed by atoms with Gasteiger partial charge in [0, 0.05) is 34.9 Å². The van der Waals surface area contributed by atoms with E-state index in [0.717, 1.165) is 34.1 Å². The number of carbonyl (C=O) groups is 1. The lowest BCUT2D eigenvalue weighted by atomic mass is 10.2. The summed E-state index contributed by atoms with van der Waals surface area (Å²) < 4.78 is 12.4. The Kier molecular flexibility index (Phi) is 5.94. The number of nitrogens with zero attached hydrogens (tertiary/aromatic N) is 2. The summed E-state index contributed by atoms with van der Waals surface area (Å²) in [6, 6.07) is 17.2. The number of rotatable bonds is 6. The molecule has 5 nitrogen and oxygen atoms in total. The average Bonchev–Trinajstić information content (AvgIpc) is 3.00. The van der Waals surface area contributed by atoms with Crippen LogP contribution in [0.25, 0.3) is 5.69 Å². The van der Waals surface area contributed by atoms with Crippen LogP contribution in [0.1, 0.15) is 34.2 Å². The highest BCUT2D eigenvalue weighted by atomic mass is 16.5. The highest BCUT2D eigenvalue weighted by molar-refractivity contribution is 5.89. The molecule has 0 spiro atoms. The van der Waals surface area contributed by atoms with Gasteiger partial charge < -0.3 is 14.0 Å². The second-order valence-corrected chi connectivity index (χ2v) is 6.39. The summed E-state index contributed by atoms with van der Waals surface area (Å²) >= 11 is 0. The van der Waals surface area contributed by atoms with E-state index in [2.05, 4.69) is 29.5 Å². The van der Waals surface area contributed by atoms with Gasteiger partial charge in [0.1, 0.15) is 5.75 Å². The predicted octanol–water partition coefficient (Wildman–Crippen LogP) is 5.03. The fraction of sp³-hybridized carbons (Fsp3) is 0.217. The van der Waals surface area contributed by atoms with Crippen LogP contribution < -0.4 is 4.74 Å². The van der Waals surface area contributed by atoms with Crippen molar-refractivity contribution in [1.29, 1.82) is 0 Å². The van der Waals surface area contributed by atoms with Gasteiger partial charge in [0.05, 0.1) is 25.0 Å². The van der Waals surface area contributed by atoms with E-state index in [1.54, 1.807) is 26.2 Å². The fourth-order valence-electron chi connectivity index (χ4n) is 3.11. The van der Waals surface area contributed by atoms with Gasteiger partial charge in [-0.3, -0.25) is 4.99 Å². The van der Waals surface area contributed by atoms with Gasteiger partial charge in [-0.05, 0) is 63.2 Å². The molecule has 144 valence electrons. The van der Waals surface area contributed by atoms with Gasteiger partial charge in [0.15, 0.2) is 0 Å². The first kappa shape index (κ1) is 19.4. The molecule has 0 N–H and O–H groups in total. The van der Waals surface area contributed by atoms with Crippen LogP contribution in [0.2, 0.25) is 0 Å². The van der Waals surface area contributed by atoms with Gasteiger partial charge in [0.2, 0.25) is 0 Å². The van der Waals surface area contributed by atoms with Gasteiger partial charge in [-0.15, -0.1) is 0 Å². The van der Waals surface area contributed by atoms with Crippen LogP contribution in [-0.2, 0) is 4.74 Å². The molecule has 0 aliphatic rings. The summed E-state index contributed by atoms with van der Waals surface area (Å²) in [5, 5.41) is 0. The molecule has 0 unspecified atom stereocenters. The van der Waals surface area contributed by atoms with Crippen LogP contribution in [0.15, 0.2) is 59.6 Å².